The minimum absolute atomic E-state index is 0.183. The lowest BCUT2D eigenvalue weighted by atomic mass is 9.87. The van der Waals surface area contributed by atoms with Crippen LogP contribution in [-0.4, -0.2) is 18.3 Å². The van der Waals surface area contributed by atoms with Gasteiger partial charge < -0.3 is 10.8 Å². The number of aliphatic hydroxyl groups excluding tert-OH is 1. The molecule has 1 aromatic rings. The van der Waals surface area contributed by atoms with E-state index in [1.54, 1.807) is 0 Å². The van der Waals surface area contributed by atoms with E-state index in [9.17, 15) is 5.11 Å². The Balaban J connectivity index is 2.76. The fourth-order valence-electron chi connectivity index (χ4n) is 2.03. The van der Waals surface area contributed by atoms with Gasteiger partial charge in [0, 0.05) is 6.61 Å². The molecule has 0 amide bonds. The topological polar surface area (TPSA) is 46.2 Å². The molecule has 0 spiro atoms. The average Bonchev–Trinajstić information content (AvgIpc) is 2.26. The van der Waals surface area contributed by atoms with E-state index in [0.29, 0.717) is 12.5 Å². The predicted molar refractivity (Wildman–Crippen MR) is 68.4 cm³/mol. The van der Waals surface area contributed by atoms with Crippen molar-refractivity contribution in [3.8, 4) is 0 Å². The summed E-state index contributed by atoms with van der Waals surface area (Å²) >= 11 is 0. The minimum Gasteiger partial charge on any atom is -0.396 e. The molecular formula is C14H23NO. The van der Waals surface area contributed by atoms with Gasteiger partial charge >= 0.3 is 0 Å². The normalized spacial score (nSPS) is 14.8. The molecule has 2 nitrogen and oxygen atoms in total. The van der Waals surface area contributed by atoms with Crippen molar-refractivity contribution >= 4 is 0 Å². The van der Waals surface area contributed by atoms with Crippen molar-refractivity contribution in [3.05, 3.63) is 34.9 Å². The van der Waals surface area contributed by atoms with Crippen molar-refractivity contribution in [1.82, 2.24) is 0 Å². The smallest absolute Gasteiger partial charge is 0.0474 e. The van der Waals surface area contributed by atoms with Crippen LogP contribution in [0.5, 0.6) is 0 Å². The molecule has 0 fully saturated rings. The zero-order valence-corrected chi connectivity index (χ0v) is 10.5. The molecule has 2 atom stereocenters. The molecule has 3 N–H and O–H groups in total. The first kappa shape index (κ1) is 13.2. The van der Waals surface area contributed by atoms with E-state index in [1.165, 1.54) is 16.7 Å². The monoisotopic (exact) mass is 221 g/mol. The number of aliphatic hydroxyl groups is 1. The summed E-state index contributed by atoms with van der Waals surface area (Å²) in [6.07, 6.45) is 0.996. The first-order chi connectivity index (χ1) is 7.60. The van der Waals surface area contributed by atoms with Crippen LogP contribution in [0.2, 0.25) is 0 Å². The van der Waals surface area contributed by atoms with E-state index in [-0.39, 0.29) is 12.5 Å². The number of nitrogens with two attached hydrogens (primary N) is 1. The summed E-state index contributed by atoms with van der Waals surface area (Å²) in [5.74, 6) is 0.635. The molecule has 0 saturated heterocycles. The quantitative estimate of drug-likeness (QED) is 0.799. The van der Waals surface area contributed by atoms with Crippen molar-refractivity contribution < 1.29 is 5.11 Å². The molecule has 0 radical (unpaired) electrons. The molecule has 1 rings (SSSR count). The summed E-state index contributed by atoms with van der Waals surface area (Å²) in [4.78, 5) is 0. The molecule has 0 aliphatic heterocycles. The molecule has 0 bridgehead atoms. The van der Waals surface area contributed by atoms with Gasteiger partial charge in [0.15, 0.2) is 0 Å². The summed E-state index contributed by atoms with van der Waals surface area (Å²) in [6, 6.07) is 6.40. The highest BCUT2D eigenvalue weighted by atomic mass is 16.3. The second-order valence-electron chi connectivity index (χ2n) is 4.72. The number of rotatable bonds is 5. The van der Waals surface area contributed by atoms with Gasteiger partial charge in [-0.2, -0.15) is 0 Å². The van der Waals surface area contributed by atoms with Crippen molar-refractivity contribution in [2.45, 2.75) is 27.2 Å². The molecule has 90 valence electrons. The Morgan fingerprint density at radius 1 is 1.31 bits per heavy atom. The van der Waals surface area contributed by atoms with Gasteiger partial charge in [-0.1, -0.05) is 25.1 Å². The van der Waals surface area contributed by atoms with Crippen LogP contribution in [0.3, 0.4) is 0 Å². The van der Waals surface area contributed by atoms with Crippen LogP contribution in [0.25, 0.3) is 0 Å². The Bertz CT molecular complexity index is 332. The predicted octanol–water partition coefficient (Wildman–Crippen LogP) is 2.05. The largest absolute Gasteiger partial charge is 0.396 e. The molecule has 0 aliphatic carbocycles. The van der Waals surface area contributed by atoms with E-state index < -0.39 is 0 Å². The second-order valence-corrected chi connectivity index (χ2v) is 4.72. The first-order valence-corrected chi connectivity index (χ1v) is 5.96. The maximum Gasteiger partial charge on any atom is 0.0474 e. The second kappa shape index (κ2) is 6.02. The maximum atomic E-state index is 9.22. The fraction of sp³-hybridized carbons (Fsp3) is 0.571. The number of hydrogen-bond acceptors (Lipinski definition) is 2. The van der Waals surface area contributed by atoms with Crippen LogP contribution in [-0.2, 0) is 6.42 Å². The molecule has 2 heteroatoms. The van der Waals surface area contributed by atoms with Crippen LogP contribution >= 0.6 is 0 Å². The van der Waals surface area contributed by atoms with Crippen molar-refractivity contribution in [1.29, 1.82) is 0 Å². The summed E-state index contributed by atoms with van der Waals surface area (Å²) in [5.41, 5.74) is 9.72. The van der Waals surface area contributed by atoms with Gasteiger partial charge in [0.25, 0.3) is 0 Å². The molecular weight excluding hydrogens is 198 g/mol. The van der Waals surface area contributed by atoms with Crippen LogP contribution < -0.4 is 5.73 Å². The zero-order valence-electron chi connectivity index (χ0n) is 10.5. The van der Waals surface area contributed by atoms with Crippen molar-refractivity contribution in [2.24, 2.45) is 17.6 Å². The molecule has 1 aromatic carbocycles. The molecule has 0 aromatic heterocycles. The van der Waals surface area contributed by atoms with E-state index in [2.05, 4.69) is 39.0 Å². The Hall–Kier alpha value is -0.860. The van der Waals surface area contributed by atoms with Gasteiger partial charge in [-0.05, 0) is 55.3 Å². The molecule has 16 heavy (non-hydrogen) atoms. The standard InChI is InChI=1S/C14H23NO/c1-10-5-4-6-13(12(10)3)7-11(2)14(8-15)9-16/h4-6,11,14,16H,7-9,15H2,1-3H3. The van der Waals surface area contributed by atoms with Crippen LogP contribution in [0.4, 0.5) is 0 Å². The van der Waals surface area contributed by atoms with Crippen LogP contribution in [0.15, 0.2) is 18.2 Å². The highest BCUT2D eigenvalue weighted by molar-refractivity contribution is 5.33. The van der Waals surface area contributed by atoms with Crippen molar-refractivity contribution in [3.63, 3.8) is 0 Å². The molecule has 0 saturated carbocycles. The highest BCUT2D eigenvalue weighted by Gasteiger charge is 2.16. The lowest BCUT2D eigenvalue weighted by Gasteiger charge is -2.21. The van der Waals surface area contributed by atoms with Gasteiger partial charge in [-0.25, -0.2) is 0 Å². The first-order valence-electron chi connectivity index (χ1n) is 5.96. The molecule has 0 aliphatic rings. The summed E-state index contributed by atoms with van der Waals surface area (Å²) in [6.45, 7) is 7.20. The number of aryl methyl sites for hydroxylation is 1. The van der Waals surface area contributed by atoms with Crippen LogP contribution in [0, 0.1) is 25.7 Å². The molecule has 0 heterocycles. The van der Waals surface area contributed by atoms with Crippen molar-refractivity contribution in [2.75, 3.05) is 13.2 Å². The van der Waals surface area contributed by atoms with Gasteiger partial charge in [0.1, 0.15) is 0 Å². The zero-order chi connectivity index (χ0) is 12.1. The highest BCUT2D eigenvalue weighted by Crippen LogP contribution is 2.20. The number of benzene rings is 1. The van der Waals surface area contributed by atoms with Gasteiger partial charge in [-0.3, -0.25) is 0 Å². The van der Waals surface area contributed by atoms with E-state index in [1.807, 2.05) is 0 Å². The third-order valence-corrected chi connectivity index (χ3v) is 3.60. The van der Waals surface area contributed by atoms with Crippen LogP contribution in [0.1, 0.15) is 23.6 Å². The average molecular weight is 221 g/mol. The SMILES string of the molecule is Cc1cccc(CC(C)C(CN)CO)c1C. The summed E-state index contributed by atoms with van der Waals surface area (Å²) < 4.78 is 0. The van der Waals surface area contributed by atoms with E-state index >= 15 is 0 Å². The maximum absolute atomic E-state index is 9.22. The minimum atomic E-state index is 0.183. The Morgan fingerprint density at radius 2 is 2.00 bits per heavy atom. The summed E-state index contributed by atoms with van der Waals surface area (Å²) in [5, 5.41) is 9.22. The lowest BCUT2D eigenvalue weighted by Crippen LogP contribution is -2.26. The Kier molecular flexibility index (Phi) is 4.97. The van der Waals surface area contributed by atoms with E-state index in [4.69, 9.17) is 5.73 Å². The third-order valence-electron chi connectivity index (χ3n) is 3.60. The van der Waals surface area contributed by atoms with Gasteiger partial charge in [0.05, 0.1) is 0 Å². The fourth-order valence-corrected chi connectivity index (χ4v) is 2.03. The van der Waals surface area contributed by atoms with Gasteiger partial charge in [0.2, 0.25) is 0 Å². The number of hydrogen-bond donors (Lipinski definition) is 2. The van der Waals surface area contributed by atoms with Gasteiger partial charge in [-0.15, -0.1) is 0 Å². The third kappa shape index (κ3) is 3.06. The summed E-state index contributed by atoms with van der Waals surface area (Å²) in [7, 11) is 0. The lowest BCUT2D eigenvalue weighted by molar-refractivity contribution is 0.187. The Morgan fingerprint density at radius 3 is 2.56 bits per heavy atom. The molecule has 2 unspecified atom stereocenters. The Labute approximate surface area is 98.5 Å². The van der Waals surface area contributed by atoms with E-state index in [0.717, 1.165) is 6.42 Å².